The van der Waals surface area contributed by atoms with Gasteiger partial charge in [0.1, 0.15) is 11.2 Å². The Morgan fingerprint density at radius 2 is 2.05 bits per heavy atom. The summed E-state index contributed by atoms with van der Waals surface area (Å²) in [5.41, 5.74) is 5.71. The third kappa shape index (κ3) is 3.96. The number of esters is 1. The fraction of sp³-hybridized carbons (Fsp3) is 0.533. The molecule has 0 aliphatic carbocycles. The van der Waals surface area contributed by atoms with Crippen LogP contribution in [-0.4, -0.2) is 31.1 Å². The molecule has 0 spiro atoms. The fourth-order valence-corrected chi connectivity index (χ4v) is 2.89. The van der Waals surface area contributed by atoms with Gasteiger partial charge in [-0.15, -0.1) is 0 Å². The van der Waals surface area contributed by atoms with E-state index in [2.05, 4.69) is 6.92 Å². The number of nitrogens with two attached hydrogens (primary N) is 1. The third-order valence-corrected chi connectivity index (χ3v) is 4.40. The summed E-state index contributed by atoms with van der Waals surface area (Å²) in [5, 5.41) is 0. The van der Waals surface area contributed by atoms with Crippen LogP contribution in [0, 0.1) is 5.82 Å². The van der Waals surface area contributed by atoms with E-state index >= 15 is 0 Å². The molecule has 0 aliphatic heterocycles. The molecule has 20 heavy (non-hydrogen) atoms. The number of hydrogen-bond acceptors (Lipinski definition) is 4. The van der Waals surface area contributed by atoms with Gasteiger partial charge in [-0.25, -0.2) is 4.39 Å². The van der Waals surface area contributed by atoms with Crippen LogP contribution in [0.2, 0.25) is 0 Å². The van der Waals surface area contributed by atoms with Gasteiger partial charge in [-0.1, -0.05) is 19.1 Å². The maximum Gasteiger partial charge on any atom is 0.317 e. The minimum absolute atomic E-state index is 0.155. The van der Waals surface area contributed by atoms with E-state index in [1.165, 1.54) is 19.2 Å². The number of carbonyl (C=O) groups is 1. The predicted octanol–water partition coefficient (Wildman–Crippen LogP) is 2.73. The first-order chi connectivity index (χ1) is 9.60. The number of hydrogen-bond donors (Lipinski definition) is 1. The molecule has 1 unspecified atom stereocenters. The molecule has 0 saturated carbocycles. The van der Waals surface area contributed by atoms with E-state index in [-0.39, 0.29) is 18.3 Å². The molecule has 2 N–H and O–H groups in total. The summed E-state index contributed by atoms with van der Waals surface area (Å²) >= 11 is 1.82. The average Bonchev–Trinajstić information content (AvgIpc) is 2.48. The molecule has 0 bridgehead atoms. The number of methoxy groups -OCH3 is 1. The Labute approximate surface area is 124 Å². The van der Waals surface area contributed by atoms with Gasteiger partial charge < -0.3 is 10.5 Å². The van der Waals surface area contributed by atoms with Crippen LogP contribution in [0.15, 0.2) is 24.3 Å². The smallest absolute Gasteiger partial charge is 0.317 e. The quantitative estimate of drug-likeness (QED) is 0.592. The van der Waals surface area contributed by atoms with Crippen LogP contribution in [0.1, 0.15) is 25.3 Å². The van der Waals surface area contributed by atoms with Crippen LogP contribution >= 0.6 is 11.8 Å². The van der Waals surface area contributed by atoms with Gasteiger partial charge in [0.05, 0.1) is 7.11 Å². The zero-order valence-corrected chi connectivity index (χ0v) is 12.8. The van der Waals surface area contributed by atoms with Crippen molar-refractivity contribution in [1.29, 1.82) is 0 Å². The van der Waals surface area contributed by atoms with Crippen LogP contribution < -0.4 is 5.73 Å². The van der Waals surface area contributed by atoms with Gasteiger partial charge in [-0.3, -0.25) is 4.79 Å². The SMILES string of the molecule is CCSCCCC(CN)(C(=O)OC)c1ccc(F)cc1. The van der Waals surface area contributed by atoms with Gasteiger partial charge in [-0.05, 0) is 42.0 Å². The molecule has 1 rings (SSSR count). The van der Waals surface area contributed by atoms with Gasteiger partial charge in [0.25, 0.3) is 0 Å². The van der Waals surface area contributed by atoms with Gasteiger partial charge in [0, 0.05) is 6.54 Å². The largest absolute Gasteiger partial charge is 0.468 e. The second-order valence-electron chi connectivity index (χ2n) is 4.59. The summed E-state index contributed by atoms with van der Waals surface area (Å²) in [4.78, 5) is 12.2. The number of rotatable bonds is 8. The van der Waals surface area contributed by atoms with Crippen LogP contribution in [-0.2, 0) is 14.9 Å². The molecule has 0 radical (unpaired) electrons. The highest BCUT2D eigenvalue weighted by Crippen LogP contribution is 2.31. The van der Waals surface area contributed by atoms with E-state index in [9.17, 15) is 9.18 Å². The molecule has 1 aromatic rings. The van der Waals surface area contributed by atoms with E-state index in [4.69, 9.17) is 10.5 Å². The lowest BCUT2D eigenvalue weighted by molar-refractivity contribution is -0.147. The third-order valence-electron chi connectivity index (χ3n) is 3.42. The summed E-state index contributed by atoms with van der Waals surface area (Å²) in [5.74, 6) is 1.33. The maximum absolute atomic E-state index is 13.1. The standard InChI is InChI=1S/C15H22FNO2S/c1-3-20-10-4-9-15(11-17,14(18)19-2)12-5-7-13(16)8-6-12/h5-8H,3-4,9-11,17H2,1-2H3. The first kappa shape index (κ1) is 17.0. The highest BCUT2D eigenvalue weighted by atomic mass is 32.2. The summed E-state index contributed by atoms with van der Waals surface area (Å²) in [7, 11) is 1.36. The number of thioether (sulfide) groups is 1. The van der Waals surface area contributed by atoms with E-state index in [1.807, 2.05) is 11.8 Å². The molecule has 5 heteroatoms. The van der Waals surface area contributed by atoms with Crippen molar-refractivity contribution < 1.29 is 13.9 Å². The average molecular weight is 299 g/mol. The maximum atomic E-state index is 13.1. The molecule has 0 amide bonds. The number of halogens is 1. The molecular weight excluding hydrogens is 277 g/mol. The lowest BCUT2D eigenvalue weighted by atomic mass is 9.76. The minimum atomic E-state index is -0.878. The zero-order chi connectivity index (χ0) is 15.0. The van der Waals surface area contributed by atoms with E-state index in [0.717, 1.165) is 23.5 Å². The van der Waals surface area contributed by atoms with Crippen molar-refractivity contribution in [2.45, 2.75) is 25.2 Å². The zero-order valence-electron chi connectivity index (χ0n) is 12.0. The Morgan fingerprint density at radius 3 is 2.55 bits per heavy atom. The Hall–Kier alpha value is -1.07. The van der Waals surface area contributed by atoms with Gasteiger partial charge in [-0.2, -0.15) is 11.8 Å². The summed E-state index contributed by atoms with van der Waals surface area (Å²) in [6.07, 6.45) is 1.47. The number of carbonyl (C=O) groups excluding carboxylic acids is 1. The number of benzene rings is 1. The highest BCUT2D eigenvalue weighted by molar-refractivity contribution is 7.99. The van der Waals surface area contributed by atoms with Crippen molar-refractivity contribution in [3.05, 3.63) is 35.6 Å². The van der Waals surface area contributed by atoms with E-state index in [0.29, 0.717) is 6.42 Å². The lowest BCUT2D eigenvalue weighted by Crippen LogP contribution is -2.44. The van der Waals surface area contributed by atoms with Crippen molar-refractivity contribution in [2.75, 3.05) is 25.2 Å². The van der Waals surface area contributed by atoms with Crippen LogP contribution in [0.4, 0.5) is 4.39 Å². The number of ether oxygens (including phenoxy) is 1. The molecule has 0 aliphatic rings. The summed E-state index contributed by atoms with van der Waals surface area (Å²) in [6, 6.07) is 5.94. The first-order valence-corrected chi connectivity index (χ1v) is 7.88. The van der Waals surface area contributed by atoms with Crippen molar-refractivity contribution in [3.63, 3.8) is 0 Å². The van der Waals surface area contributed by atoms with Gasteiger partial charge in [0.15, 0.2) is 0 Å². The van der Waals surface area contributed by atoms with Crippen molar-refractivity contribution in [1.82, 2.24) is 0 Å². The second-order valence-corrected chi connectivity index (χ2v) is 5.98. The molecule has 112 valence electrons. The Morgan fingerprint density at radius 1 is 1.40 bits per heavy atom. The topological polar surface area (TPSA) is 52.3 Å². The second kappa shape index (κ2) is 8.27. The first-order valence-electron chi connectivity index (χ1n) is 6.73. The fourth-order valence-electron chi connectivity index (χ4n) is 2.25. The molecule has 1 aromatic carbocycles. The summed E-state index contributed by atoms with van der Waals surface area (Å²) in [6.45, 7) is 2.25. The molecule has 0 saturated heterocycles. The molecular formula is C15H22FNO2S. The summed E-state index contributed by atoms with van der Waals surface area (Å²) < 4.78 is 18.0. The molecule has 0 fully saturated rings. The van der Waals surface area contributed by atoms with Crippen molar-refractivity contribution in [2.24, 2.45) is 5.73 Å². The van der Waals surface area contributed by atoms with E-state index < -0.39 is 5.41 Å². The minimum Gasteiger partial charge on any atom is -0.468 e. The molecule has 0 heterocycles. The van der Waals surface area contributed by atoms with E-state index in [1.54, 1.807) is 12.1 Å². The highest BCUT2D eigenvalue weighted by Gasteiger charge is 2.39. The molecule has 1 atom stereocenters. The van der Waals surface area contributed by atoms with Gasteiger partial charge in [0.2, 0.25) is 0 Å². The molecule has 3 nitrogen and oxygen atoms in total. The Bertz CT molecular complexity index is 424. The molecule has 0 aromatic heterocycles. The monoisotopic (exact) mass is 299 g/mol. The van der Waals surface area contributed by atoms with Crippen molar-refractivity contribution >= 4 is 17.7 Å². The van der Waals surface area contributed by atoms with Crippen LogP contribution in [0.25, 0.3) is 0 Å². The van der Waals surface area contributed by atoms with Crippen LogP contribution in [0.5, 0.6) is 0 Å². The predicted molar refractivity (Wildman–Crippen MR) is 81.4 cm³/mol. The normalized spacial score (nSPS) is 13.8. The van der Waals surface area contributed by atoms with Crippen molar-refractivity contribution in [3.8, 4) is 0 Å². The Balaban J connectivity index is 2.98. The van der Waals surface area contributed by atoms with Gasteiger partial charge >= 0.3 is 5.97 Å². The van der Waals surface area contributed by atoms with Crippen LogP contribution in [0.3, 0.4) is 0 Å². The Kier molecular flexibility index (Phi) is 7.02. The lowest BCUT2D eigenvalue weighted by Gasteiger charge is -2.30.